The molecule has 0 saturated heterocycles. The lowest BCUT2D eigenvalue weighted by Crippen LogP contribution is -2.01. The molecular weight excluding hydrogens is 288 g/mol. The molecule has 0 fully saturated rings. The van der Waals surface area contributed by atoms with Gasteiger partial charge in [0, 0.05) is 4.47 Å². The van der Waals surface area contributed by atoms with Crippen LogP contribution in [0.4, 0.5) is 0 Å². The summed E-state index contributed by atoms with van der Waals surface area (Å²) in [6.45, 7) is 6.93. The topological polar surface area (TPSA) is 9.23 Å². The fraction of sp³-hybridized carbons (Fsp3) is 0.250. The van der Waals surface area contributed by atoms with E-state index in [1.54, 1.807) is 0 Å². The van der Waals surface area contributed by atoms with Gasteiger partial charge in [-0.05, 0) is 55.2 Å². The van der Waals surface area contributed by atoms with Gasteiger partial charge >= 0.3 is 0 Å². The average molecular weight is 305 g/mol. The molecule has 2 aromatic rings. The average Bonchev–Trinajstić information content (AvgIpc) is 2.33. The molecule has 2 aromatic carbocycles. The van der Waals surface area contributed by atoms with Gasteiger partial charge in [0.05, 0.1) is 0 Å². The first-order chi connectivity index (χ1) is 8.58. The Kier molecular flexibility index (Phi) is 4.07. The third kappa shape index (κ3) is 2.94. The normalized spacial score (nSPS) is 10.4. The Labute approximate surface area is 117 Å². The summed E-state index contributed by atoms with van der Waals surface area (Å²) in [6.07, 6.45) is 0. The van der Waals surface area contributed by atoms with Crippen LogP contribution < -0.4 is 4.74 Å². The van der Waals surface area contributed by atoms with Crippen LogP contribution in [-0.4, -0.2) is 0 Å². The van der Waals surface area contributed by atoms with Crippen LogP contribution in [0.2, 0.25) is 0 Å². The van der Waals surface area contributed by atoms with E-state index < -0.39 is 0 Å². The molecule has 94 valence electrons. The molecule has 2 rings (SSSR count). The maximum absolute atomic E-state index is 5.94. The van der Waals surface area contributed by atoms with Gasteiger partial charge in [-0.1, -0.05) is 40.2 Å². The van der Waals surface area contributed by atoms with Crippen LogP contribution in [0, 0.1) is 20.8 Å². The number of aryl methyl sites for hydroxylation is 3. The van der Waals surface area contributed by atoms with Gasteiger partial charge in [0.2, 0.25) is 0 Å². The first kappa shape index (κ1) is 13.2. The van der Waals surface area contributed by atoms with Crippen molar-refractivity contribution in [3.63, 3.8) is 0 Å². The molecule has 0 aliphatic heterocycles. The van der Waals surface area contributed by atoms with E-state index in [0.29, 0.717) is 6.61 Å². The van der Waals surface area contributed by atoms with E-state index in [4.69, 9.17) is 4.74 Å². The molecule has 0 spiro atoms. The Morgan fingerprint density at radius 1 is 0.944 bits per heavy atom. The van der Waals surface area contributed by atoms with Gasteiger partial charge in [-0.15, -0.1) is 0 Å². The number of ether oxygens (including phenoxy) is 1. The van der Waals surface area contributed by atoms with Crippen LogP contribution >= 0.6 is 15.9 Å². The van der Waals surface area contributed by atoms with E-state index in [1.165, 1.54) is 16.7 Å². The predicted molar refractivity (Wildman–Crippen MR) is 79.1 cm³/mol. The zero-order valence-electron chi connectivity index (χ0n) is 11.0. The molecule has 0 amide bonds. The minimum atomic E-state index is 0.621. The van der Waals surface area contributed by atoms with Gasteiger partial charge < -0.3 is 4.74 Å². The van der Waals surface area contributed by atoms with Crippen molar-refractivity contribution in [2.45, 2.75) is 27.4 Å². The highest BCUT2D eigenvalue weighted by Crippen LogP contribution is 2.24. The molecule has 0 atom stereocenters. The van der Waals surface area contributed by atoms with E-state index in [1.807, 2.05) is 12.1 Å². The predicted octanol–water partition coefficient (Wildman–Crippen LogP) is 4.95. The maximum atomic E-state index is 5.94. The quantitative estimate of drug-likeness (QED) is 0.779. The number of rotatable bonds is 3. The first-order valence-corrected chi connectivity index (χ1v) is 6.81. The van der Waals surface area contributed by atoms with E-state index in [-0.39, 0.29) is 0 Å². The SMILES string of the molecule is Cc1ccc(Br)cc1OCc1c(C)cccc1C. The van der Waals surface area contributed by atoms with Crippen LogP contribution in [0.25, 0.3) is 0 Å². The summed E-state index contributed by atoms with van der Waals surface area (Å²) in [5, 5.41) is 0. The van der Waals surface area contributed by atoms with Crippen molar-refractivity contribution in [3.05, 3.63) is 63.1 Å². The molecule has 0 aliphatic carbocycles. The highest BCUT2D eigenvalue weighted by atomic mass is 79.9. The van der Waals surface area contributed by atoms with Gasteiger partial charge in [-0.2, -0.15) is 0 Å². The third-order valence-corrected chi connectivity index (χ3v) is 3.66. The van der Waals surface area contributed by atoms with Crippen LogP contribution in [0.1, 0.15) is 22.3 Å². The minimum absolute atomic E-state index is 0.621. The van der Waals surface area contributed by atoms with Gasteiger partial charge in [0.1, 0.15) is 12.4 Å². The van der Waals surface area contributed by atoms with Crippen molar-refractivity contribution < 1.29 is 4.74 Å². The van der Waals surface area contributed by atoms with Crippen molar-refractivity contribution >= 4 is 15.9 Å². The summed E-state index contributed by atoms with van der Waals surface area (Å²) in [5.41, 5.74) is 4.99. The fourth-order valence-electron chi connectivity index (χ4n) is 1.96. The monoisotopic (exact) mass is 304 g/mol. The maximum Gasteiger partial charge on any atom is 0.123 e. The van der Waals surface area contributed by atoms with Crippen molar-refractivity contribution in [1.82, 2.24) is 0 Å². The second-order valence-electron chi connectivity index (χ2n) is 4.57. The molecular formula is C16H17BrO. The van der Waals surface area contributed by atoms with Gasteiger partial charge in [0.15, 0.2) is 0 Å². The van der Waals surface area contributed by atoms with E-state index >= 15 is 0 Å². The van der Waals surface area contributed by atoms with Crippen LogP contribution in [0.3, 0.4) is 0 Å². The summed E-state index contributed by atoms with van der Waals surface area (Å²) in [5.74, 6) is 0.937. The number of hydrogen-bond acceptors (Lipinski definition) is 1. The Hall–Kier alpha value is -1.28. The van der Waals surface area contributed by atoms with E-state index in [0.717, 1.165) is 15.8 Å². The molecule has 0 heterocycles. The van der Waals surface area contributed by atoms with Crippen LogP contribution in [-0.2, 0) is 6.61 Å². The Morgan fingerprint density at radius 3 is 2.28 bits per heavy atom. The van der Waals surface area contributed by atoms with Crippen molar-refractivity contribution in [2.24, 2.45) is 0 Å². The standard InChI is InChI=1S/C16H17BrO/c1-11-5-4-6-12(2)15(11)10-18-16-9-14(17)8-7-13(16)3/h4-9H,10H2,1-3H3. The van der Waals surface area contributed by atoms with Crippen LogP contribution in [0.15, 0.2) is 40.9 Å². The molecule has 0 radical (unpaired) electrons. The molecule has 0 aromatic heterocycles. The van der Waals surface area contributed by atoms with E-state index in [2.05, 4.69) is 61.0 Å². The Bertz CT molecular complexity index is 541. The zero-order chi connectivity index (χ0) is 13.1. The largest absolute Gasteiger partial charge is 0.489 e. The van der Waals surface area contributed by atoms with Gasteiger partial charge in [0.25, 0.3) is 0 Å². The summed E-state index contributed by atoms with van der Waals surface area (Å²) >= 11 is 3.47. The first-order valence-electron chi connectivity index (χ1n) is 6.02. The van der Waals surface area contributed by atoms with Crippen molar-refractivity contribution in [2.75, 3.05) is 0 Å². The van der Waals surface area contributed by atoms with Crippen molar-refractivity contribution in [3.8, 4) is 5.75 Å². The second kappa shape index (κ2) is 5.57. The summed E-state index contributed by atoms with van der Waals surface area (Å²) in [4.78, 5) is 0. The summed E-state index contributed by atoms with van der Waals surface area (Å²) in [6, 6.07) is 12.4. The molecule has 0 unspecified atom stereocenters. The van der Waals surface area contributed by atoms with Crippen molar-refractivity contribution in [1.29, 1.82) is 0 Å². The zero-order valence-corrected chi connectivity index (χ0v) is 12.5. The number of halogens is 1. The molecule has 2 heteroatoms. The lowest BCUT2D eigenvalue weighted by Gasteiger charge is -2.13. The second-order valence-corrected chi connectivity index (χ2v) is 5.48. The molecule has 18 heavy (non-hydrogen) atoms. The lowest BCUT2D eigenvalue weighted by molar-refractivity contribution is 0.302. The molecule has 1 nitrogen and oxygen atoms in total. The number of hydrogen-bond donors (Lipinski definition) is 0. The fourth-order valence-corrected chi connectivity index (χ4v) is 2.30. The van der Waals surface area contributed by atoms with Crippen LogP contribution in [0.5, 0.6) is 5.75 Å². The molecule has 0 saturated carbocycles. The third-order valence-electron chi connectivity index (χ3n) is 3.17. The molecule has 0 N–H and O–H groups in total. The Morgan fingerprint density at radius 2 is 1.61 bits per heavy atom. The highest BCUT2D eigenvalue weighted by molar-refractivity contribution is 9.10. The van der Waals surface area contributed by atoms with E-state index in [9.17, 15) is 0 Å². The van der Waals surface area contributed by atoms with Gasteiger partial charge in [-0.3, -0.25) is 0 Å². The lowest BCUT2D eigenvalue weighted by atomic mass is 10.0. The molecule has 0 aliphatic rings. The Balaban J connectivity index is 2.19. The molecule has 0 bridgehead atoms. The van der Waals surface area contributed by atoms with Gasteiger partial charge in [-0.25, -0.2) is 0 Å². The minimum Gasteiger partial charge on any atom is -0.489 e. The summed E-state index contributed by atoms with van der Waals surface area (Å²) in [7, 11) is 0. The summed E-state index contributed by atoms with van der Waals surface area (Å²) < 4.78 is 6.98. The highest BCUT2D eigenvalue weighted by Gasteiger charge is 2.05. The number of benzene rings is 2. The smallest absolute Gasteiger partial charge is 0.123 e.